The highest BCUT2D eigenvalue weighted by molar-refractivity contribution is 5.97. The van der Waals surface area contributed by atoms with Crippen molar-refractivity contribution < 1.29 is 14.4 Å². The van der Waals surface area contributed by atoms with Crippen molar-refractivity contribution in [2.75, 3.05) is 26.7 Å². The van der Waals surface area contributed by atoms with E-state index in [0.717, 1.165) is 25.9 Å². The highest BCUT2D eigenvalue weighted by atomic mass is 16.2. The number of ketones is 1. The van der Waals surface area contributed by atoms with E-state index >= 15 is 0 Å². The Morgan fingerprint density at radius 3 is 2.25 bits per heavy atom. The summed E-state index contributed by atoms with van der Waals surface area (Å²) >= 11 is 0. The van der Waals surface area contributed by atoms with Crippen LogP contribution in [-0.4, -0.2) is 54.1 Å². The number of carbonyl (C=O) groups excluding carboxylic acids is 3. The number of likely N-dealkylation sites (tertiary alicyclic amines) is 1. The Labute approximate surface area is 95.4 Å². The molecule has 0 bridgehead atoms. The van der Waals surface area contributed by atoms with Crippen LogP contribution >= 0.6 is 0 Å². The van der Waals surface area contributed by atoms with Crippen molar-refractivity contribution in [3.05, 3.63) is 0 Å². The summed E-state index contributed by atoms with van der Waals surface area (Å²) in [6.07, 6.45) is 1.96. The summed E-state index contributed by atoms with van der Waals surface area (Å²) in [7, 11) is 1.55. The van der Waals surface area contributed by atoms with E-state index < -0.39 is 0 Å². The van der Waals surface area contributed by atoms with Crippen LogP contribution in [0.25, 0.3) is 0 Å². The predicted molar refractivity (Wildman–Crippen MR) is 58.7 cm³/mol. The fraction of sp³-hybridized carbons (Fsp3) is 0.727. The summed E-state index contributed by atoms with van der Waals surface area (Å²) in [5.74, 6) is -0.498. The largest absolute Gasteiger partial charge is 0.341 e. The van der Waals surface area contributed by atoms with Gasteiger partial charge in [0.05, 0.1) is 13.0 Å². The standard InChI is InChI=1S/C11H18N2O3/c1-9(14)7-10(15)12(2)8-11(16)13-5-3-4-6-13/h3-8H2,1-2H3. The van der Waals surface area contributed by atoms with Gasteiger partial charge >= 0.3 is 0 Å². The van der Waals surface area contributed by atoms with Crippen molar-refractivity contribution in [1.82, 2.24) is 9.80 Å². The van der Waals surface area contributed by atoms with Gasteiger partial charge in [-0.25, -0.2) is 0 Å². The lowest BCUT2D eigenvalue weighted by Crippen LogP contribution is -2.40. The quantitative estimate of drug-likeness (QED) is 0.636. The lowest BCUT2D eigenvalue weighted by Gasteiger charge is -2.20. The van der Waals surface area contributed by atoms with Gasteiger partial charge < -0.3 is 9.80 Å². The molecule has 0 radical (unpaired) electrons. The van der Waals surface area contributed by atoms with Crippen molar-refractivity contribution in [2.24, 2.45) is 0 Å². The zero-order valence-electron chi connectivity index (χ0n) is 9.86. The zero-order valence-corrected chi connectivity index (χ0v) is 9.86. The minimum atomic E-state index is -0.292. The van der Waals surface area contributed by atoms with Gasteiger partial charge in [-0.05, 0) is 19.8 Å². The molecule has 5 nitrogen and oxygen atoms in total. The van der Waals surface area contributed by atoms with Gasteiger partial charge in [0.2, 0.25) is 11.8 Å². The molecule has 0 aromatic rings. The first-order valence-corrected chi connectivity index (χ1v) is 5.52. The first-order chi connectivity index (χ1) is 7.50. The molecule has 90 valence electrons. The Bertz CT molecular complexity index is 296. The number of rotatable bonds is 4. The molecule has 0 aromatic heterocycles. The van der Waals surface area contributed by atoms with Crippen molar-refractivity contribution in [3.63, 3.8) is 0 Å². The summed E-state index contributed by atoms with van der Waals surface area (Å²) in [4.78, 5) is 37.0. The molecule has 1 rings (SSSR count). The normalized spacial score (nSPS) is 15.0. The van der Waals surface area contributed by atoms with Crippen LogP contribution in [0.4, 0.5) is 0 Å². The van der Waals surface area contributed by atoms with E-state index in [1.165, 1.54) is 11.8 Å². The van der Waals surface area contributed by atoms with E-state index in [4.69, 9.17) is 0 Å². The summed E-state index contributed by atoms with van der Waals surface area (Å²) in [5.41, 5.74) is 0. The number of hydrogen-bond donors (Lipinski definition) is 0. The maximum Gasteiger partial charge on any atom is 0.242 e. The van der Waals surface area contributed by atoms with Crippen LogP contribution in [0.1, 0.15) is 26.2 Å². The maximum absolute atomic E-state index is 11.7. The van der Waals surface area contributed by atoms with Gasteiger partial charge in [-0.2, -0.15) is 0 Å². The molecule has 2 amide bonds. The molecular formula is C11H18N2O3. The fourth-order valence-electron chi connectivity index (χ4n) is 1.71. The van der Waals surface area contributed by atoms with Gasteiger partial charge in [0.15, 0.2) is 0 Å². The molecule has 0 spiro atoms. The molecule has 0 N–H and O–H groups in total. The average Bonchev–Trinajstić information content (AvgIpc) is 2.68. The summed E-state index contributed by atoms with van der Waals surface area (Å²) in [6.45, 7) is 3.02. The van der Waals surface area contributed by atoms with Crippen LogP contribution in [0, 0.1) is 0 Å². The minimum absolute atomic E-state index is 0.0306. The lowest BCUT2D eigenvalue weighted by molar-refractivity contribution is -0.140. The second-order valence-corrected chi connectivity index (χ2v) is 4.22. The van der Waals surface area contributed by atoms with Gasteiger partial charge in [0.1, 0.15) is 5.78 Å². The smallest absolute Gasteiger partial charge is 0.242 e. The average molecular weight is 226 g/mol. The molecule has 1 fully saturated rings. The molecule has 0 aromatic carbocycles. The first kappa shape index (κ1) is 12.7. The Hall–Kier alpha value is -1.39. The summed E-state index contributed by atoms with van der Waals surface area (Å²) in [6, 6.07) is 0. The van der Waals surface area contributed by atoms with Crippen LogP contribution in [0.5, 0.6) is 0 Å². The molecule has 1 heterocycles. The van der Waals surface area contributed by atoms with Gasteiger partial charge in [-0.15, -0.1) is 0 Å². The topological polar surface area (TPSA) is 57.7 Å². The Morgan fingerprint density at radius 2 is 1.75 bits per heavy atom. The number of likely N-dealkylation sites (N-methyl/N-ethyl adjacent to an activating group) is 1. The third-order valence-electron chi connectivity index (χ3n) is 2.66. The predicted octanol–water partition coefficient (Wildman–Crippen LogP) is 0.0463. The Kier molecular flexibility index (Phi) is 4.46. The van der Waals surface area contributed by atoms with Gasteiger partial charge in [-0.3, -0.25) is 14.4 Å². The number of Topliss-reactive ketones (excluding diaryl/α,β-unsaturated/α-hetero) is 1. The van der Waals surface area contributed by atoms with Gasteiger partial charge in [-0.1, -0.05) is 0 Å². The summed E-state index contributed by atoms with van der Waals surface area (Å²) < 4.78 is 0. The molecule has 1 saturated heterocycles. The van der Waals surface area contributed by atoms with Crippen LogP contribution in [0.2, 0.25) is 0 Å². The number of hydrogen-bond acceptors (Lipinski definition) is 3. The summed E-state index contributed by atoms with van der Waals surface area (Å²) in [5, 5.41) is 0. The van der Waals surface area contributed by atoms with Crippen LogP contribution in [0.3, 0.4) is 0 Å². The van der Waals surface area contributed by atoms with Crippen LogP contribution in [-0.2, 0) is 14.4 Å². The molecule has 1 aliphatic heterocycles. The molecule has 1 aliphatic rings. The maximum atomic E-state index is 11.7. The highest BCUT2D eigenvalue weighted by Crippen LogP contribution is 2.07. The van der Waals surface area contributed by atoms with E-state index in [0.29, 0.717) is 0 Å². The Balaban J connectivity index is 2.37. The molecule has 5 heteroatoms. The SMILES string of the molecule is CC(=O)CC(=O)N(C)CC(=O)N1CCCC1. The van der Waals surface area contributed by atoms with Crippen molar-refractivity contribution in [2.45, 2.75) is 26.2 Å². The van der Waals surface area contributed by atoms with Crippen molar-refractivity contribution in [3.8, 4) is 0 Å². The third kappa shape index (κ3) is 3.64. The van der Waals surface area contributed by atoms with Crippen LogP contribution in [0.15, 0.2) is 0 Å². The van der Waals surface area contributed by atoms with Crippen LogP contribution < -0.4 is 0 Å². The molecule has 0 saturated carbocycles. The minimum Gasteiger partial charge on any atom is -0.341 e. The van der Waals surface area contributed by atoms with Gasteiger partial charge in [0.25, 0.3) is 0 Å². The lowest BCUT2D eigenvalue weighted by atomic mass is 10.3. The molecular weight excluding hydrogens is 208 g/mol. The van der Waals surface area contributed by atoms with E-state index in [2.05, 4.69) is 0 Å². The highest BCUT2D eigenvalue weighted by Gasteiger charge is 2.21. The van der Waals surface area contributed by atoms with E-state index in [1.807, 2.05) is 0 Å². The second-order valence-electron chi connectivity index (χ2n) is 4.22. The van der Waals surface area contributed by atoms with E-state index in [1.54, 1.807) is 11.9 Å². The number of amides is 2. The Morgan fingerprint density at radius 1 is 1.19 bits per heavy atom. The van der Waals surface area contributed by atoms with E-state index in [9.17, 15) is 14.4 Å². The molecule has 0 aliphatic carbocycles. The number of nitrogens with zero attached hydrogens (tertiary/aromatic N) is 2. The molecule has 0 unspecified atom stereocenters. The molecule has 16 heavy (non-hydrogen) atoms. The molecule has 0 atom stereocenters. The monoisotopic (exact) mass is 226 g/mol. The third-order valence-corrected chi connectivity index (χ3v) is 2.66. The van der Waals surface area contributed by atoms with Crippen molar-refractivity contribution in [1.29, 1.82) is 0 Å². The zero-order chi connectivity index (χ0) is 12.1. The van der Waals surface area contributed by atoms with Gasteiger partial charge in [0, 0.05) is 20.1 Å². The fourth-order valence-corrected chi connectivity index (χ4v) is 1.71. The van der Waals surface area contributed by atoms with E-state index in [-0.39, 0.29) is 30.6 Å². The first-order valence-electron chi connectivity index (χ1n) is 5.52. The van der Waals surface area contributed by atoms with Crippen molar-refractivity contribution >= 4 is 17.6 Å². The number of carbonyl (C=O) groups is 3. The second kappa shape index (κ2) is 5.63.